The molecule has 0 amide bonds. The highest BCUT2D eigenvalue weighted by atomic mass is 19.1. The molecule has 0 aromatic heterocycles. The Labute approximate surface area is 77.7 Å². The van der Waals surface area contributed by atoms with Crippen molar-refractivity contribution in [3.05, 3.63) is 0 Å². The van der Waals surface area contributed by atoms with Crippen LogP contribution in [0.1, 0.15) is 38.5 Å². The van der Waals surface area contributed by atoms with Crippen molar-refractivity contribution in [2.24, 2.45) is 17.3 Å². The summed E-state index contributed by atoms with van der Waals surface area (Å²) in [5.41, 5.74) is -1.21. The van der Waals surface area contributed by atoms with Crippen LogP contribution in [0.2, 0.25) is 0 Å². The monoisotopic (exact) mass is 186 g/mol. The van der Waals surface area contributed by atoms with Crippen LogP contribution in [0.15, 0.2) is 0 Å². The second-order valence-electron chi connectivity index (χ2n) is 5.75. The Hall–Kier alpha value is -0.140. The lowest BCUT2D eigenvalue weighted by Gasteiger charge is -2.58. The van der Waals surface area contributed by atoms with Crippen LogP contribution in [-0.2, 0) is 0 Å². The molecule has 4 rings (SSSR count). The van der Waals surface area contributed by atoms with E-state index in [0.29, 0.717) is 18.3 Å². The van der Waals surface area contributed by atoms with Crippen LogP contribution >= 0.6 is 0 Å². The Morgan fingerprint density at radius 2 is 1.69 bits per heavy atom. The lowest BCUT2D eigenvalue weighted by Crippen LogP contribution is -2.54. The molecule has 0 spiro atoms. The van der Waals surface area contributed by atoms with E-state index in [4.69, 9.17) is 0 Å². The molecule has 2 atom stereocenters. The maximum Gasteiger partial charge on any atom is 0.112 e. The molecule has 4 aliphatic carbocycles. The Morgan fingerprint density at radius 1 is 1.08 bits per heavy atom. The van der Waals surface area contributed by atoms with Gasteiger partial charge in [-0.05, 0) is 50.4 Å². The van der Waals surface area contributed by atoms with E-state index in [1.54, 1.807) is 0 Å². The lowest BCUT2D eigenvalue weighted by atomic mass is 9.49. The quantitative estimate of drug-likeness (QED) is 0.589. The molecule has 0 nitrogen and oxygen atoms in total. The van der Waals surface area contributed by atoms with E-state index < -0.39 is 5.67 Å². The summed E-state index contributed by atoms with van der Waals surface area (Å²) in [6, 6.07) is 0. The normalized spacial score (nSPS) is 58.6. The molecule has 4 saturated carbocycles. The van der Waals surface area contributed by atoms with E-state index in [0.717, 1.165) is 25.7 Å². The third-order valence-electron chi connectivity index (χ3n) is 4.39. The van der Waals surface area contributed by atoms with Gasteiger partial charge in [-0.1, -0.05) is 0 Å². The zero-order valence-corrected chi connectivity index (χ0v) is 7.86. The van der Waals surface area contributed by atoms with Crippen molar-refractivity contribution < 1.29 is 8.78 Å². The predicted octanol–water partition coefficient (Wildman–Crippen LogP) is 3.26. The van der Waals surface area contributed by atoms with Crippen LogP contribution in [0.25, 0.3) is 0 Å². The fourth-order valence-electron chi connectivity index (χ4n) is 4.49. The molecule has 0 aromatic carbocycles. The second kappa shape index (κ2) is 2.26. The van der Waals surface area contributed by atoms with Crippen LogP contribution in [0.3, 0.4) is 0 Å². The topological polar surface area (TPSA) is 0 Å². The number of hydrogen-bond acceptors (Lipinski definition) is 0. The summed E-state index contributed by atoms with van der Waals surface area (Å²) < 4.78 is 27.1. The van der Waals surface area contributed by atoms with E-state index in [1.165, 1.54) is 6.42 Å². The Morgan fingerprint density at radius 3 is 2.15 bits per heavy atom. The van der Waals surface area contributed by atoms with Crippen molar-refractivity contribution >= 4 is 0 Å². The van der Waals surface area contributed by atoms with Crippen molar-refractivity contribution in [1.29, 1.82) is 0 Å². The van der Waals surface area contributed by atoms with Crippen LogP contribution in [0.4, 0.5) is 8.78 Å². The van der Waals surface area contributed by atoms with Crippen LogP contribution in [0.5, 0.6) is 0 Å². The molecule has 0 N–H and O–H groups in total. The highest BCUT2D eigenvalue weighted by Crippen LogP contribution is 2.62. The van der Waals surface area contributed by atoms with Gasteiger partial charge < -0.3 is 0 Å². The number of alkyl halides is 2. The molecule has 0 aliphatic heterocycles. The molecular weight excluding hydrogens is 170 g/mol. The average Bonchev–Trinajstić information content (AvgIpc) is 1.99. The zero-order valence-electron chi connectivity index (χ0n) is 7.86. The molecule has 4 bridgehead atoms. The SMILES string of the molecule is FCC12CC3CC(CC(F)(C3)C1)C2. The largest absolute Gasteiger partial charge is 0.250 e. The van der Waals surface area contributed by atoms with Gasteiger partial charge in [0.25, 0.3) is 0 Å². The van der Waals surface area contributed by atoms with Crippen molar-refractivity contribution in [3.63, 3.8) is 0 Å². The van der Waals surface area contributed by atoms with E-state index in [1.807, 2.05) is 0 Å². The zero-order chi connectivity index (χ0) is 9.10. The molecule has 0 heterocycles. The highest BCUT2D eigenvalue weighted by molar-refractivity contribution is 5.08. The van der Waals surface area contributed by atoms with Gasteiger partial charge in [-0.15, -0.1) is 0 Å². The van der Waals surface area contributed by atoms with Gasteiger partial charge in [-0.25, -0.2) is 4.39 Å². The van der Waals surface area contributed by atoms with E-state index in [-0.39, 0.29) is 12.1 Å². The van der Waals surface area contributed by atoms with Crippen molar-refractivity contribution in [3.8, 4) is 0 Å². The summed E-state index contributed by atoms with van der Waals surface area (Å²) >= 11 is 0. The van der Waals surface area contributed by atoms with Gasteiger partial charge >= 0.3 is 0 Å². The van der Waals surface area contributed by atoms with Crippen LogP contribution in [-0.4, -0.2) is 12.3 Å². The third kappa shape index (κ3) is 1.07. The minimum Gasteiger partial charge on any atom is -0.250 e. The molecule has 2 unspecified atom stereocenters. The molecular formula is C11H16F2. The molecule has 0 aromatic rings. The Balaban J connectivity index is 1.95. The van der Waals surface area contributed by atoms with Gasteiger partial charge in [0.2, 0.25) is 0 Å². The first-order valence-corrected chi connectivity index (χ1v) is 5.38. The van der Waals surface area contributed by atoms with Crippen molar-refractivity contribution in [2.75, 3.05) is 6.67 Å². The second-order valence-corrected chi connectivity index (χ2v) is 5.75. The molecule has 13 heavy (non-hydrogen) atoms. The molecule has 2 heteroatoms. The maximum atomic E-state index is 14.1. The van der Waals surface area contributed by atoms with E-state index >= 15 is 0 Å². The first kappa shape index (κ1) is 8.19. The predicted molar refractivity (Wildman–Crippen MR) is 46.9 cm³/mol. The fourth-order valence-corrected chi connectivity index (χ4v) is 4.49. The molecule has 4 aliphatic rings. The van der Waals surface area contributed by atoms with E-state index in [2.05, 4.69) is 0 Å². The van der Waals surface area contributed by atoms with Crippen LogP contribution < -0.4 is 0 Å². The highest BCUT2D eigenvalue weighted by Gasteiger charge is 2.58. The summed E-state index contributed by atoms with van der Waals surface area (Å²) in [6.07, 6.45) is 5.07. The summed E-state index contributed by atoms with van der Waals surface area (Å²) in [5, 5.41) is 0. The van der Waals surface area contributed by atoms with Gasteiger partial charge in [0.1, 0.15) is 5.67 Å². The number of rotatable bonds is 1. The van der Waals surface area contributed by atoms with Gasteiger partial charge in [-0.3, -0.25) is 4.39 Å². The Kier molecular flexibility index (Phi) is 1.43. The summed E-state index contributed by atoms with van der Waals surface area (Å²) in [4.78, 5) is 0. The standard InChI is InChI=1S/C11H16F2/c12-7-10-2-8-1-9(3-10)5-11(13,4-8)6-10/h8-9H,1-7H2. The van der Waals surface area contributed by atoms with Gasteiger partial charge in [0.15, 0.2) is 0 Å². The van der Waals surface area contributed by atoms with Gasteiger partial charge in [0, 0.05) is 5.41 Å². The first-order valence-electron chi connectivity index (χ1n) is 5.38. The minimum absolute atomic E-state index is 0.237. The first-order chi connectivity index (χ1) is 6.13. The molecule has 0 saturated heterocycles. The molecule has 74 valence electrons. The lowest BCUT2D eigenvalue weighted by molar-refractivity contribution is -0.130. The minimum atomic E-state index is -0.976. The van der Waals surface area contributed by atoms with Gasteiger partial charge in [0.05, 0.1) is 6.67 Å². The summed E-state index contributed by atoms with van der Waals surface area (Å²) in [5.74, 6) is 1.00. The average molecular weight is 186 g/mol. The van der Waals surface area contributed by atoms with Gasteiger partial charge in [-0.2, -0.15) is 0 Å². The summed E-state index contributed by atoms with van der Waals surface area (Å²) in [6.45, 7) is -0.286. The molecule has 4 fully saturated rings. The van der Waals surface area contributed by atoms with E-state index in [9.17, 15) is 8.78 Å². The van der Waals surface area contributed by atoms with Crippen molar-refractivity contribution in [1.82, 2.24) is 0 Å². The Bertz CT molecular complexity index is 222. The smallest absolute Gasteiger partial charge is 0.112 e. The number of halogens is 2. The molecule has 0 radical (unpaired) electrons. The maximum absolute atomic E-state index is 14.1. The number of hydrogen-bond donors (Lipinski definition) is 0. The third-order valence-corrected chi connectivity index (χ3v) is 4.39. The fraction of sp³-hybridized carbons (Fsp3) is 1.00. The van der Waals surface area contributed by atoms with Crippen LogP contribution in [0, 0.1) is 17.3 Å². The van der Waals surface area contributed by atoms with Crippen molar-refractivity contribution in [2.45, 2.75) is 44.2 Å². The summed E-state index contributed by atoms with van der Waals surface area (Å²) in [7, 11) is 0.